The van der Waals surface area contributed by atoms with E-state index in [1.165, 1.54) is 0 Å². The van der Waals surface area contributed by atoms with Crippen molar-refractivity contribution in [2.24, 2.45) is 0 Å². The molecule has 2 amide bonds. The van der Waals surface area contributed by atoms with E-state index in [0.29, 0.717) is 43.6 Å². The number of likely N-dealkylation sites (tertiary alicyclic amines) is 2. The second kappa shape index (κ2) is 7.52. The highest BCUT2D eigenvalue weighted by Gasteiger charge is 2.53. The first kappa shape index (κ1) is 18.7. The van der Waals surface area contributed by atoms with Gasteiger partial charge in [-0.05, 0) is 49.9 Å². The van der Waals surface area contributed by atoms with Crippen LogP contribution in [0.4, 0.5) is 0 Å². The van der Waals surface area contributed by atoms with E-state index < -0.39 is 5.54 Å². The zero-order chi connectivity index (χ0) is 20.6. The van der Waals surface area contributed by atoms with Gasteiger partial charge >= 0.3 is 0 Å². The van der Waals surface area contributed by atoms with Crippen molar-refractivity contribution in [1.82, 2.24) is 19.8 Å². The molecule has 5 rings (SSSR count). The number of nitrogens with zero attached hydrogens (tertiary/aromatic N) is 4. The maximum atomic E-state index is 13.7. The molecule has 2 aliphatic rings. The van der Waals surface area contributed by atoms with Crippen LogP contribution in [0, 0.1) is 0 Å². The normalized spacial score (nSPS) is 21.5. The molecule has 6 heteroatoms. The number of pyridine rings is 2. The van der Waals surface area contributed by atoms with Crippen molar-refractivity contribution in [3.05, 3.63) is 72.2 Å². The molecule has 0 N–H and O–H groups in total. The van der Waals surface area contributed by atoms with E-state index in [0.717, 1.165) is 23.9 Å². The summed E-state index contributed by atoms with van der Waals surface area (Å²) in [5.41, 5.74) is 1.39. The van der Waals surface area contributed by atoms with Gasteiger partial charge in [-0.25, -0.2) is 0 Å². The highest BCUT2D eigenvalue weighted by Crippen LogP contribution is 2.40. The third-order valence-corrected chi connectivity index (χ3v) is 6.38. The lowest BCUT2D eigenvalue weighted by molar-refractivity contribution is -0.146. The number of fused-ring (bicyclic) bond motifs is 1. The largest absolute Gasteiger partial charge is 0.335 e. The maximum absolute atomic E-state index is 13.7. The SMILES string of the molecule is O=C(c1cccc2cccnc12)N1CCCC12CCCN(Cc1ccccn1)C2=O. The summed E-state index contributed by atoms with van der Waals surface area (Å²) in [6.07, 6.45) is 6.61. The predicted octanol–water partition coefficient (Wildman–Crippen LogP) is 3.43. The first-order chi connectivity index (χ1) is 14.7. The Hall–Kier alpha value is -3.28. The summed E-state index contributed by atoms with van der Waals surface area (Å²) in [5.74, 6) is -0.0386. The number of hydrogen-bond donors (Lipinski definition) is 0. The number of rotatable bonds is 3. The lowest BCUT2D eigenvalue weighted by atomic mass is 9.84. The number of amides is 2. The van der Waals surface area contributed by atoms with Crippen molar-refractivity contribution >= 4 is 22.7 Å². The first-order valence-corrected chi connectivity index (χ1v) is 10.5. The number of benzene rings is 1. The molecule has 2 aliphatic heterocycles. The standard InChI is InChI=1S/C24H24N4O2/c29-22(20-10-3-7-18-8-4-14-26-21(18)20)28-16-6-12-24(28)11-5-15-27(23(24)30)17-19-9-1-2-13-25-19/h1-4,7-10,13-14H,5-6,11-12,15-17H2. The highest BCUT2D eigenvalue weighted by molar-refractivity contribution is 6.07. The van der Waals surface area contributed by atoms with E-state index in [1.807, 2.05) is 58.3 Å². The molecule has 1 unspecified atom stereocenters. The molecule has 2 saturated heterocycles. The van der Waals surface area contributed by atoms with Crippen molar-refractivity contribution in [2.45, 2.75) is 37.8 Å². The molecule has 1 spiro atoms. The summed E-state index contributed by atoms with van der Waals surface area (Å²) in [5, 5.41) is 0.934. The Kier molecular flexibility index (Phi) is 4.69. The molecule has 2 aromatic heterocycles. The molecule has 30 heavy (non-hydrogen) atoms. The van der Waals surface area contributed by atoms with Crippen molar-refractivity contribution in [1.29, 1.82) is 0 Å². The Labute approximate surface area is 175 Å². The maximum Gasteiger partial charge on any atom is 0.256 e. The van der Waals surface area contributed by atoms with Crippen molar-refractivity contribution in [2.75, 3.05) is 13.1 Å². The second-order valence-electron chi connectivity index (χ2n) is 8.12. The summed E-state index contributed by atoms with van der Waals surface area (Å²) in [6, 6.07) is 15.2. The van der Waals surface area contributed by atoms with Crippen LogP contribution in [-0.4, -0.2) is 50.2 Å². The van der Waals surface area contributed by atoms with E-state index in [2.05, 4.69) is 9.97 Å². The molecule has 0 saturated carbocycles. The predicted molar refractivity (Wildman–Crippen MR) is 114 cm³/mol. The van der Waals surface area contributed by atoms with E-state index in [1.54, 1.807) is 12.4 Å². The smallest absolute Gasteiger partial charge is 0.256 e. The second-order valence-corrected chi connectivity index (χ2v) is 8.12. The van der Waals surface area contributed by atoms with Gasteiger partial charge in [-0.1, -0.05) is 24.3 Å². The summed E-state index contributed by atoms with van der Waals surface area (Å²) < 4.78 is 0. The van der Waals surface area contributed by atoms with Gasteiger partial charge in [0.25, 0.3) is 5.91 Å². The Morgan fingerprint density at radius 2 is 1.73 bits per heavy atom. The van der Waals surface area contributed by atoms with E-state index in [-0.39, 0.29) is 11.8 Å². The monoisotopic (exact) mass is 400 g/mol. The van der Waals surface area contributed by atoms with Gasteiger partial charge in [0.1, 0.15) is 5.54 Å². The van der Waals surface area contributed by atoms with Gasteiger partial charge in [0.15, 0.2) is 0 Å². The van der Waals surface area contributed by atoms with Crippen LogP contribution in [0.5, 0.6) is 0 Å². The van der Waals surface area contributed by atoms with Crippen molar-refractivity contribution in [3.63, 3.8) is 0 Å². The van der Waals surface area contributed by atoms with Gasteiger partial charge in [-0.3, -0.25) is 19.6 Å². The molecule has 152 valence electrons. The fourth-order valence-corrected chi connectivity index (χ4v) is 4.98. The van der Waals surface area contributed by atoms with Crippen LogP contribution >= 0.6 is 0 Å². The highest BCUT2D eigenvalue weighted by atomic mass is 16.2. The Bertz CT molecular complexity index is 1100. The van der Waals surface area contributed by atoms with Crippen LogP contribution in [0.1, 0.15) is 41.7 Å². The average molecular weight is 400 g/mol. The third-order valence-electron chi connectivity index (χ3n) is 6.38. The first-order valence-electron chi connectivity index (χ1n) is 10.5. The summed E-state index contributed by atoms with van der Waals surface area (Å²) in [7, 11) is 0. The zero-order valence-corrected chi connectivity index (χ0v) is 16.8. The summed E-state index contributed by atoms with van der Waals surface area (Å²) in [6.45, 7) is 1.79. The number of aromatic nitrogens is 2. The molecule has 0 aliphatic carbocycles. The minimum atomic E-state index is -0.749. The van der Waals surface area contributed by atoms with Crippen LogP contribution in [0.25, 0.3) is 10.9 Å². The van der Waals surface area contributed by atoms with E-state index in [9.17, 15) is 9.59 Å². The summed E-state index contributed by atoms with van der Waals surface area (Å²) in [4.78, 5) is 39.8. The minimum absolute atomic E-state index is 0.0541. The molecule has 3 aromatic rings. The molecular weight excluding hydrogens is 376 g/mol. The topological polar surface area (TPSA) is 66.4 Å². The zero-order valence-electron chi connectivity index (χ0n) is 16.8. The Morgan fingerprint density at radius 3 is 2.57 bits per heavy atom. The van der Waals surface area contributed by atoms with Crippen LogP contribution in [0.2, 0.25) is 0 Å². The number of para-hydroxylation sites is 1. The molecule has 6 nitrogen and oxygen atoms in total. The molecule has 0 radical (unpaired) electrons. The fourth-order valence-electron chi connectivity index (χ4n) is 4.98. The Morgan fingerprint density at radius 1 is 0.933 bits per heavy atom. The van der Waals surface area contributed by atoms with Crippen LogP contribution < -0.4 is 0 Å². The lowest BCUT2D eigenvalue weighted by Crippen LogP contribution is -2.61. The van der Waals surface area contributed by atoms with Gasteiger partial charge in [0, 0.05) is 30.9 Å². The summed E-state index contributed by atoms with van der Waals surface area (Å²) >= 11 is 0. The number of piperidine rings is 1. The molecule has 0 bridgehead atoms. The average Bonchev–Trinajstić information content (AvgIpc) is 3.21. The molecule has 4 heterocycles. The van der Waals surface area contributed by atoms with Crippen molar-refractivity contribution in [3.8, 4) is 0 Å². The number of hydrogen-bond acceptors (Lipinski definition) is 4. The number of carbonyl (C=O) groups is 2. The number of carbonyl (C=O) groups excluding carboxylic acids is 2. The van der Waals surface area contributed by atoms with Gasteiger partial charge in [0.05, 0.1) is 23.3 Å². The fraction of sp³-hybridized carbons (Fsp3) is 0.333. The van der Waals surface area contributed by atoms with E-state index in [4.69, 9.17) is 0 Å². The minimum Gasteiger partial charge on any atom is -0.335 e. The lowest BCUT2D eigenvalue weighted by Gasteiger charge is -2.44. The van der Waals surface area contributed by atoms with Gasteiger partial charge in [-0.15, -0.1) is 0 Å². The van der Waals surface area contributed by atoms with Gasteiger partial charge in [0.2, 0.25) is 5.91 Å². The van der Waals surface area contributed by atoms with Crippen LogP contribution in [0.3, 0.4) is 0 Å². The molecule has 1 atom stereocenters. The molecule has 1 aromatic carbocycles. The Balaban J connectivity index is 1.47. The van der Waals surface area contributed by atoms with Crippen molar-refractivity contribution < 1.29 is 9.59 Å². The van der Waals surface area contributed by atoms with Gasteiger partial charge in [-0.2, -0.15) is 0 Å². The van der Waals surface area contributed by atoms with Crippen LogP contribution in [-0.2, 0) is 11.3 Å². The van der Waals surface area contributed by atoms with E-state index >= 15 is 0 Å². The molecular formula is C24H24N4O2. The van der Waals surface area contributed by atoms with Crippen LogP contribution in [0.15, 0.2) is 60.9 Å². The molecule has 2 fully saturated rings. The quantitative estimate of drug-likeness (QED) is 0.676. The van der Waals surface area contributed by atoms with Gasteiger partial charge < -0.3 is 9.80 Å². The third kappa shape index (κ3) is 3.03.